The van der Waals surface area contributed by atoms with E-state index in [1.54, 1.807) is 18.9 Å². The third-order valence-corrected chi connectivity index (χ3v) is 2.51. The molecule has 1 aromatic carbocycles. The van der Waals surface area contributed by atoms with Gasteiger partial charge in [-0.2, -0.15) is 4.68 Å². The van der Waals surface area contributed by atoms with Crippen molar-refractivity contribution in [3.63, 3.8) is 0 Å². The van der Waals surface area contributed by atoms with Crippen LogP contribution in [0.15, 0.2) is 18.2 Å². The van der Waals surface area contributed by atoms with E-state index >= 15 is 0 Å². The van der Waals surface area contributed by atoms with Gasteiger partial charge in [-0.05, 0) is 29.1 Å². The highest BCUT2D eigenvalue weighted by Crippen LogP contribution is 2.28. The lowest BCUT2D eigenvalue weighted by atomic mass is 10.2. The standard InChI is InChI=1S/C11H15N5O2/c1-17-9-4-3-8(7-10(9)18-2)16-11(5-6-12)13-14-15-16/h3-4,7H,5-6,12H2,1-2H3. The highest BCUT2D eigenvalue weighted by molar-refractivity contribution is 5.48. The van der Waals surface area contributed by atoms with Crippen LogP contribution < -0.4 is 15.2 Å². The highest BCUT2D eigenvalue weighted by atomic mass is 16.5. The van der Waals surface area contributed by atoms with Gasteiger partial charge in [0.1, 0.15) is 0 Å². The summed E-state index contributed by atoms with van der Waals surface area (Å²) in [6, 6.07) is 5.48. The molecule has 0 radical (unpaired) electrons. The second-order valence-corrected chi connectivity index (χ2v) is 3.58. The number of aromatic nitrogens is 4. The van der Waals surface area contributed by atoms with Crippen LogP contribution in [0.3, 0.4) is 0 Å². The fourth-order valence-electron chi connectivity index (χ4n) is 1.65. The molecule has 0 unspecified atom stereocenters. The number of tetrazole rings is 1. The second-order valence-electron chi connectivity index (χ2n) is 3.58. The number of methoxy groups -OCH3 is 2. The largest absolute Gasteiger partial charge is 0.493 e. The van der Waals surface area contributed by atoms with Gasteiger partial charge >= 0.3 is 0 Å². The summed E-state index contributed by atoms with van der Waals surface area (Å²) < 4.78 is 12.1. The first-order valence-electron chi connectivity index (χ1n) is 5.50. The van der Waals surface area contributed by atoms with Crippen molar-refractivity contribution in [2.75, 3.05) is 20.8 Å². The van der Waals surface area contributed by atoms with Crippen LogP contribution >= 0.6 is 0 Å². The van der Waals surface area contributed by atoms with Crippen molar-refractivity contribution >= 4 is 0 Å². The molecule has 0 fully saturated rings. The van der Waals surface area contributed by atoms with E-state index in [1.807, 2.05) is 18.2 Å². The second kappa shape index (κ2) is 5.46. The Morgan fingerprint density at radius 2 is 2.00 bits per heavy atom. The van der Waals surface area contributed by atoms with E-state index in [9.17, 15) is 0 Å². The van der Waals surface area contributed by atoms with Crippen molar-refractivity contribution in [3.05, 3.63) is 24.0 Å². The van der Waals surface area contributed by atoms with Crippen molar-refractivity contribution in [1.29, 1.82) is 0 Å². The van der Waals surface area contributed by atoms with Crippen LogP contribution in [0.4, 0.5) is 0 Å². The summed E-state index contributed by atoms with van der Waals surface area (Å²) in [7, 11) is 3.18. The van der Waals surface area contributed by atoms with E-state index in [0.717, 1.165) is 5.69 Å². The summed E-state index contributed by atoms with van der Waals surface area (Å²) in [5, 5.41) is 11.5. The molecule has 0 aliphatic rings. The zero-order valence-electron chi connectivity index (χ0n) is 10.3. The van der Waals surface area contributed by atoms with Gasteiger partial charge in [-0.25, -0.2) is 0 Å². The lowest BCUT2D eigenvalue weighted by Gasteiger charge is -2.10. The average Bonchev–Trinajstić information content (AvgIpc) is 2.86. The zero-order valence-corrected chi connectivity index (χ0v) is 10.3. The Balaban J connectivity index is 2.41. The number of ether oxygens (including phenoxy) is 2. The molecule has 0 spiro atoms. The van der Waals surface area contributed by atoms with Crippen molar-refractivity contribution in [3.8, 4) is 17.2 Å². The van der Waals surface area contributed by atoms with Crippen LogP contribution in [0.5, 0.6) is 11.5 Å². The van der Waals surface area contributed by atoms with Gasteiger partial charge in [-0.15, -0.1) is 5.10 Å². The van der Waals surface area contributed by atoms with E-state index < -0.39 is 0 Å². The fourth-order valence-corrected chi connectivity index (χ4v) is 1.65. The topological polar surface area (TPSA) is 88.1 Å². The minimum absolute atomic E-state index is 0.494. The van der Waals surface area contributed by atoms with E-state index in [0.29, 0.717) is 30.3 Å². The molecule has 1 aromatic heterocycles. The first-order valence-corrected chi connectivity index (χ1v) is 5.50. The molecule has 0 aliphatic heterocycles. The molecule has 7 heteroatoms. The molecule has 96 valence electrons. The van der Waals surface area contributed by atoms with Crippen LogP contribution in [0.25, 0.3) is 5.69 Å². The first kappa shape index (κ1) is 12.3. The third kappa shape index (κ3) is 2.25. The molecule has 0 saturated carbocycles. The summed E-state index contributed by atoms with van der Waals surface area (Å²) in [5.74, 6) is 2.00. The monoisotopic (exact) mass is 249 g/mol. The number of rotatable bonds is 5. The van der Waals surface area contributed by atoms with Gasteiger partial charge in [-0.1, -0.05) is 0 Å². The lowest BCUT2D eigenvalue weighted by Crippen LogP contribution is -2.10. The fraction of sp³-hybridized carbons (Fsp3) is 0.364. The van der Waals surface area contributed by atoms with E-state index in [4.69, 9.17) is 15.2 Å². The highest BCUT2D eigenvalue weighted by Gasteiger charge is 2.10. The van der Waals surface area contributed by atoms with Crippen LogP contribution in [-0.2, 0) is 6.42 Å². The molecule has 18 heavy (non-hydrogen) atoms. The van der Waals surface area contributed by atoms with Crippen LogP contribution in [0.2, 0.25) is 0 Å². The molecule has 2 aromatic rings. The summed E-state index contributed by atoms with van der Waals surface area (Å²) >= 11 is 0. The van der Waals surface area contributed by atoms with Crippen molar-refractivity contribution in [1.82, 2.24) is 20.2 Å². The first-order chi connectivity index (χ1) is 8.80. The van der Waals surface area contributed by atoms with E-state index in [-0.39, 0.29) is 0 Å². The molecule has 0 aliphatic carbocycles. The van der Waals surface area contributed by atoms with Crippen LogP contribution in [0, 0.1) is 0 Å². The summed E-state index contributed by atoms with van der Waals surface area (Å²) in [5.41, 5.74) is 6.32. The molecule has 0 amide bonds. The number of nitrogens with zero attached hydrogens (tertiary/aromatic N) is 4. The quantitative estimate of drug-likeness (QED) is 0.813. The lowest BCUT2D eigenvalue weighted by molar-refractivity contribution is 0.354. The SMILES string of the molecule is COc1ccc(-n2nnnc2CCN)cc1OC. The Labute approximate surface area is 104 Å². The van der Waals surface area contributed by atoms with Crippen LogP contribution in [0.1, 0.15) is 5.82 Å². The van der Waals surface area contributed by atoms with Crippen LogP contribution in [-0.4, -0.2) is 41.0 Å². The Morgan fingerprint density at radius 3 is 2.67 bits per heavy atom. The van der Waals surface area contributed by atoms with E-state index in [1.165, 1.54) is 0 Å². The summed E-state index contributed by atoms with van der Waals surface area (Å²) in [6.07, 6.45) is 0.612. The Kier molecular flexibility index (Phi) is 3.73. The number of hydrogen-bond acceptors (Lipinski definition) is 6. The number of benzene rings is 1. The maximum atomic E-state index is 5.51. The maximum absolute atomic E-state index is 5.51. The smallest absolute Gasteiger partial charge is 0.162 e. The molecular formula is C11H15N5O2. The van der Waals surface area contributed by atoms with Crippen molar-refractivity contribution < 1.29 is 9.47 Å². The Hall–Kier alpha value is -2.15. The predicted octanol–water partition coefficient (Wildman–Crippen LogP) is 0.181. The average molecular weight is 249 g/mol. The van der Waals surface area contributed by atoms with Gasteiger partial charge in [0.05, 0.1) is 19.9 Å². The molecule has 7 nitrogen and oxygen atoms in total. The summed E-state index contributed by atoms with van der Waals surface area (Å²) in [4.78, 5) is 0. The molecule has 0 atom stereocenters. The Bertz CT molecular complexity index is 526. The molecular weight excluding hydrogens is 234 g/mol. The Morgan fingerprint density at radius 1 is 1.22 bits per heavy atom. The third-order valence-electron chi connectivity index (χ3n) is 2.51. The summed E-state index contributed by atoms with van der Waals surface area (Å²) in [6.45, 7) is 0.494. The van der Waals surface area contributed by atoms with E-state index in [2.05, 4.69) is 15.5 Å². The van der Waals surface area contributed by atoms with Gasteiger partial charge < -0.3 is 15.2 Å². The minimum Gasteiger partial charge on any atom is -0.493 e. The zero-order chi connectivity index (χ0) is 13.0. The molecule has 1 heterocycles. The predicted molar refractivity (Wildman–Crippen MR) is 65.0 cm³/mol. The normalized spacial score (nSPS) is 10.4. The van der Waals surface area contributed by atoms with Gasteiger partial charge in [0, 0.05) is 12.5 Å². The van der Waals surface area contributed by atoms with Gasteiger partial charge in [0.2, 0.25) is 0 Å². The minimum atomic E-state index is 0.494. The molecule has 0 bridgehead atoms. The number of nitrogens with two attached hydrogens (primary N) is 1. The van der Waals surface area contributed by atoms with Crippen molar-refractivity contribution in [2.24, 2.45) is 5.73 Å². The van der Waals surface area contributed by atoms with Gasteiger partial charge in [0.15, 0.2) is 17.3 Å². The number of hydrogen-bond donors (Lipinski definition) is 1. The maximum Gasteiger partial charge on any atom is 0.162 e. The molecule has 2 N–H and O–H groups in total. The van der Waals surface area contributed by atoms with Gasteiger partial charge in [-0.3, -0.25) is 0 Å². The molecule has 2 rings (SSSR count). The van der Waals surface area contributed by atoms with Gasteiger partial charge in [0.25, 0.3) is 0 Å². The van der Waals surface area contributed by atoms with Crippen molar-refractivity contribution in [2.45, 2.75) is 6.42 Å². The molecule has 0 saturated heterocycles.